The van der Waals surface area contributed by atoms with Gasteiger partial charge in [0.25, 0.3) is 11.1 Å². The van der Waals surface area contributed by atoms with Crippen LogP contribution in [-0.4, -0.2) is 33.7 Å². The van der Waals surface area contributed by atoms with E-state index < -0.39 is 23.7 Å². The molecule has 0 saturated carbocycles. The molecule has 0 spiro atoms. The molecule has 0 atom stereocenters. The number of hydrogen-bond donors (Lipinski definition) is 1. The van der Waals surface area contributed by atoms with Gasteiger partial charge < -0.3 is 5.11 Å². The predicted molar refractivity (Wildman–Crippen MR) is 97.2 cm³/mol. The van der Waals surface area contributed by atoms with E-state index in [1.807, 2.05) is 48.5 Å². The van der Waals surface area contributed by atoms with E-state index in [1.54, 1.807) is 6.08 Å². The molecule has 1 fully saturated rings. The third-order valence-electron chi connectivity index (χ3n) is 3.55. The van der Waals surface area contributed by atoms with Crippen LogP contribution in [0, 0.1) is 0 Å². The lowest BCUT2D eigenvalue weighted by atomic mass is 10.0. The summed E-state index contributed by atoms with van der Waals surface area (Å²) < 4.78 is 0. The highest BCUT2D eigenvalue weighted by Crippen LogP contribution is 2.32. The van der Waals surface area contributed by atoms with Crippen LogP contribution in [0.4, 0.5) is 4.79 Å². The lowest BCUT2D eigenvalue weighted by molar-refractivity contribution is -0.140. The van der Waals surface area contributed by atoms with E-state index in [4.69, 9.17) is 16.7 Å². The smallest absolute Gasteiger partial charge is 0.323 e. The zero-order valence-corrected chi connectivity index (χ0v) is 14.4. The summed E-state index contributed by atoms with van der Waals surface area (Å²) in [4.78, 5) is 35.5. The summed E-state index contributed by atoms with van der Waals surface area (Å²) in [5.74, 6) is -1.81. The summed E-state index contributed by atoms with van der Waals surface area (Å²) in [6.07, 6.45) is 1.58. The number of benzene rings is 2. The van der Waals surface area contributed by atoms with Crippen molar-refractivity contribution in [3.63, 3.8) is 0 Å². The largest absolute Gasteiger partial charge is 0.480 e. The summed E-state index contributed by atoms with van der Waals surface area (Å²) in [5.41, 5.74) is 2.75. The number of carboxylic acid groups (broad SMARTS) is 1. The molecule has 1 aliphatic rings. The van der Waals surface area contributed by atoms with Crippen LogP contribution in [0.25, 0.3) is 17.2 Å². The van der Waals surface area contributed by atoms with Crippen molar-refractivity contribution in [1.29, 1.82) is 0 Å². The van der Waals surface area contributed by atoms with Gasteiger partial charge in [-0.25, -0.2) is 0 Å². The molecule has 2 amide bonds. The number of nitrogens with zero attached hydrogens (tertiary/aromatic N) is 1. The molecule has 0 bridgehead atoms. The van der Waals surface area contributed by atoms with Gasteiger partial charge in [0.2, 0.25) is 0 Å². The number of aliphatic carboxylic acids is 1. The van der Waals surface area contributed by atoms with Crippen molar-refractivity contribution in [2.45, 2.75) is 0 Å². The maximum Gasteiger partial charge on any atom is 0.323 e. The quantitative estimate of drug-likeness (QED) is 0.815. The van der Waals surface area contributed by atoms with Gasteiger partial charge in [0.15, 0.2) is 0 Å². The van der Waals surface area contributed by atoms with Crippen LogP contribution in [-0.2, 0) is 9.59 Å². The van der Waals surface area contributed by atoms with E-state index in [0.29, 0.717) is 5.02 Å². The summed E-state index contributed by atoms with van der Waals surface area (Å²) >= 11 is 6.62. The van der Waals surface area contributed by atoms with E-state index in [1.165, 1.54) is 0 Å². The molecule has 0 aromatic heterocycles. The molecule has 2 aromatic carbocycles. The normalized spacial score (nSPS) is 15.9. The summed E-state index contributed by atoms with van der Waals surface area (Å²) in [6, 6.07) is 14.9. The van der Waals surface area contributed by atoms with Crippen LogP contribution in [0.15, 0.2) is 53.4 Å². The van der Waals surface area contributed by atoms with E-state index in [2.05, 4.69) is 0 Å². The Labute approximate surface area is 152 Å². The topological polar surface area (TPSA) is 74.7 Å². The Hall–Kier alpha value is -2.57. The van der Waals surface area contributed by atoms with Crippen molar-refractivity contribution >= 4 is 46.6 Å². The Morgan fingerprint density at radius 2 is 1.60 bits per heavy atom. The van der Waals surface area contributed by atoms with Crippen molar-refractivity contribution in [2.75, 3.05) is 6.54 Å². The first-order valence-electron chi connectivity index (χ1n) is 7.27. The highest BCUT2D eigenvalue weighted by molar-refractivity contribution is 8.18. The van der Waals surface area contributed by atoms with E-state index in [9.17, 15) is 14.4 Å². The molecule has 25 heavy (non-hydrogen) atoms. The summed E-state index contributed by atoms with van der Waals surface area (Å²) in [6.45, 7) is -0.627. The van der Waals surface area contributed by atoms with Crippen LogP contribution in [0.2, 0.25) is 5.02 Å². The molecule has 3 rings (SSSR count). The first-order chi connectivity index (χ1) is 11.9. The van der Waals surface area contributed by atoms with Gasteiger partial charge in [0, 0.05) is 5.02 Å². The minimum atomic E-state index is -1.23. The summed E-state index contributed by atoms with van der Waals surface area (Å²) in [5, 5.41) is 8.85. The average molecular weight is 374 g/mol. The molecule has 5 nitrogen and oxygen atoms in total. The van der Waals surface area contributed by atoms with Crippen molar-refractivity contribution in [3.8, 4) is 11.1 Å². The third kappa shape index (κ3) is 3.92. The second kappa shape index (κ2) is 7.13. The minimum absolute atomic E-state index is 0.213. The lowest BCUT2D eigenvalue weighted by Gasteiger charge is -2.07. The number of carbonyl (C=O) groups excluding carboxylic acids is 2. The van der Waals surface area contributed by atoms with Crippen LogP contribution >= 0.6 is 23.4 Å². The van der Waals surface area contributed by atoms with Gasteiger partial charge in [-0.15, -0.1) is 0 Å². The van der Waals surface area contributed by atoms with Crippen molar-refractivity contribution in [1.82, 2.24) is 4.90 Å². The number of hydrogen-bond acceptors (Lipinski definition) is 4. The monoisotopic (exact) mass is 373 g/mol. The molecule has 1 saturated heterocycles. The Bertz CT molecular complexity index is 875. The van der Waals surface area contributed by atoms with Gasteiger partial charge in [0.1, 0.15) is 6.54 Å². The molecular formula is C18H12ClNO4S. The Morgan fingerprint density at radius 1 is 1.04 bits per heavy atom. The highest BCUT2D eigenvalue weighted by Gasteiger charge is 2.36. The lowest BCUT2D eigenvalue weighted by Crippen LogP contribution is -2.33. The number of carboxylic acids is 1. The molecule has 1 aliphatic heterocycles. The van der Waals surface area contributed by atoms with Crippen LogP contribution < -0.4 is 0 Å². The molecular weight excluding hydrogens is 362 g/mol. The number of thioether (sulfide) groups is 1. The minimum Gasteiger partial charge on any atom is -0.480 e. The number of amides is 2. The van der Waals surface area contributed by atoms with Crippen molar-refractivity contribution in [2.24, 2.45) is 0 Å². The van der Waals surface area contributed by atoms with Crippen molar-refractivity contribution < 1.29 is 19.5 Å². The molecule has 0 aliphatic carbocycles. The molecule has 1 N–H and O–H groups in total. The molecule has 2 aromatic rings. The van der Waals surface area contributed by atoms with Gasteiger partial charge in [-0.3, -0.25) is 19.3 Å². The first kappa shape index (κ1) is 17.3. The Kier molecular flexibility index (Phi) is 4.92. The second-order valence-electron chi connectivity index (χ2n) is 5.29. The van der Waals surface area contributed by atoms with Gasteiger partial charge in [-0.2, -0.15) is 0 Å². The van der Waals surface area contributed by atoms with Gasteiger partial charge in [-0.05, 0) is 46.7 Å². The van der Waals surface area contributed by atoms with E-state index >= 15 is 0 Å². The Balaban J connectivity index is 1.80. The maximum absolute atomic E-state index is 12.1. The fourth-order valence-corrected chi connectivity index (χ4v) is 3.30. The number of halogens is 1. The maximum atomic E-state index is 12.1. The summed E-state index contributed by atoms with van der Waals surface area (Å²) in [7, 11) is 0. The zero-order chi connectivity index (χ0) is 18.0. The molecule has 0 unspecified atom stereocenters. The highest BCUT2D eigenvalue weighted by atomic mass is 35.5. The molecule has 7 heteroatoms. The number of imide groups is 1. The zero-order valence-electron chi connectivity index (χ0n) is 12.8. The van der Waals surface area contributed by atoms with E-state index in [0.717, 1.165) is 33.4 Å². The molecule has 0 radical (unpaired) electrons. The fourth-order valence-electron chi connectivity index (χ4n) is 2.34. The number of rotatable bonds is 4. The average Bonchev–Trinajstić information content (AvgIpc) is 2.83. The Morgan fingerprint density at radius 3 is 2.16 bits per heavy atom. The SMILES string of the molecule is O=C(O)CN1C(=O)SC(=Cc2ccc(-c3ccc(Cl)cc3)cc2)C1=O. The van der Waals surface area contributed by atoms with E-state index in [-0.39, 0.29) is 4.91 Å². The van der Waals surface area contributed by atoms with Crippen LogP contribution in [0.5, 0.6) is 0 Å². The van der Waals surface area contributed by atoms with Gasteiger partial charge >= 0.3 is 5.97 Å². The first-order valence-corrected chi connectivity index (χ1v) is 8.46. The van der Waals surface area contributed by atoms with Crippen LogP contribution in [0.3, 0.4) is 0 Å². The second-order valence-corrected chi connectivity index (χ2v) is 6.72. The van der Waals surface area contributed by atoms with Crippen LogP contribution in [0.1, 0.15) is 5.56 Å². The fraction of sp³-hybridized carbons (Fsp3) is 0.0556. The van der Waals surface area contributed by atoms with Gasteiger partial charge in [-0.1, -0.05) is 48.0 Å². The number of carbonyl (C=O) groups is 3. The van der Waals surface area contributed by atoms with Crippen molar-refractivity contribution in [3.05, 3.63) is 64.0 Å². The molecule has 126 valence electrons. The third-order valence-corrected chi connectivity index (χ3v) is 4.71. The molecule has 1 heterocycles. The van der Waals surface area contributed by atoms with Gasteiger partial charge in [0.05, 0.1) is 4.91 Å². The standard InChI is InChI=1S/C18H12ClNO4S/c19-14-7-5-13(6-8-14)12-3-1-11(2-4-12)9-15-17(23)20(10-16(21)22)18(24)25-15/h1-9H,10H2,(H,21,22). The predicted octanol–water partition coefficient (Wildman–Crippen LogP) is 4.13.